The zero-order valence-corrected chi connectivity index (χ0v) is 13.3. The lowest BCUT2D eigenvalue weighted by molar-refractivity contribution is 0.509. The third kappa shape index (κ3) is 2.06. The third-order valence-corrected chi connectivity index (χ3v) is 5.86. The normalized spacial score (nSPS) is 19.2. The zero-order valence-electron chi connectivity index (χ0n) is 10.8. The highest BCUT2D eigenvalue weighted by Crippen LogP contribution is 2.40. The molecule has 0 saturated heterocycles. The summed E-state index contributed by atoms with van der Waals surface area (Å²) in [6.45, 7) is 2.35. The van der Waals surface area contributed by atoms with E-state index in [2.05, 4.69) is 23.1 Å². The van der Waals surface area contributed by atoms with Gasteiger partial charge >= 0.3 is 0 Å². The standard InChI is InChI=1S/C13H16N2S3/c1-7-4-5-8-9(6-7)18-12-10(8)11(16-2)14-13(15-12)17-3/h7H,4-6H2,1-3H3/t7-/m0/s1. The molecule has 0 amide bonds. The van der Waals surface area contributed by atoms with Gasteiger partial charge in [-0.1, -0.05) is 18.7 Å². The van der Waals surface area contributed by atoms with Crippen LogP contribution in [0.15, 0.2) is 10.2 Å². The average Bonchev–Trinajstić information content (AvgIpc) is 2.74. The van der Waals surface area contributed by atoms with Crippen LogP contribution in [0, 0.1) is 5.92 Å². The highest BCUT2D eigenvalue weighted by molar-refractivity contribution is 7.99. The van der Waals surface area contributed by atoms with Gasteiger partial charge in [-0.2, -0.15) is 0 Å². The van der Waals surface area contributed by atoms with E-state index in [0.717, 1.165) is 16.1 Å². The van der Waals surface area contributed by atoms with Crippen molar-refractivity contribution < 1.29 is 0 Å². The lowest BCUT2D eigenvalue weighted by atomic mass is 9.89. The van der Waals surface area contributed by atoms with E-state index in [4.69, 9.17) is 0 Å². The maximum atomic E-state index is 4.69. The minimum absolute atomic E-state index is 0.816. The number of aromatic nitrogens is 2. The summed E-state index contributed by atoms with van der Waals surface area (Å²) in [6, 6.07) is 0. The number of rotatable bonds is 2. The molecule has 2 nitrogen and oxygen atoms in total. The monoisotopic (exact) mass is 296 g/mol. The molecule has 1 atom stereocenters. The van der Waals surface area contributed by atoms with Crippen molar-refractivity contribution >= 4 is 45.1 Å². The van der Waals surface area contributed by atoms with Gasteiger partial charge in [0, 0.05) is 10.3 Å². The minimum Gasteiger partial charge on any atom is -0.215 e. The summed E-state index contributed by atoms with van der Waals surface area (Å²) in [4.78, 5) is 12.1. The van der Waals surface area contributed by atoms with Crippen LogP contribution in [-0.2, 0) is 12.8 Å². The first-order valence-electron chi connectivity index (χ1n) is 6.13. The summed E-state index contributed by atoms with van der Waals surface area (Å²) >= 11 is 5.26. The molecule has 0 aliphatic heterocycles. The Morgan fingerprint density at radius 2 is 2.06 bits per heavy atom. The van der Waals surface area contributed by atoms with Gasteiger partial charge in [-0.05, 0) is 43.3 Å². The van der Waals surface area contributed by atoms with Gasteiger partial charge in [-0.3, -0.25) is 0 Å². The molecule has 0 fully saturated rings. The lowest BCUT2D eigenvalue weighted by Gasteiger charge is -2.18. The Bertz CT molecular complexity index is 591. The Morgan fingerprint density at radius 3 is 2.78 bits per heavy atom. The van der Waals surface area contributed by atoms with Gasteiger partial charge in [-0.15, -0.1) is 23.1 Å². The Balaban J connectivity index is 2.24. The first-order valence-corrected chi connectivity index (χ1v) is 9.39. The van der Waals surface area contributed by atoms with Crippen molar-refractivity contribution in [2.24, 2.45) is 5.92 Å². The summed E-state index contributed by atoms with van der Waals surface area (Å²) in [5.74, 6) is 0.816. The first kappa shape index (κ1) is 12.8. The molecule has 0 unspecified atom stereocenters. The number of nitrogens with zero attached hydrogens (tertiary/aromatic N) is 2. The Hall–Kier alpha value is -0.260. The number of aryl methyl sites for hydroxylation is 1. The van der Waals surface area contributed by atoms with Crippen LogP contribution in [0.4, 0.5) is 0 Å². The topological polar surface area (TPSA) is 25.8 Å². The quantitative estimate of drug-likeness (QED) is 0.470. The molecule has 5 heteroatoms. The molecule has 0 aromatic carbocycles. The van der Waals surface area contributed by atoms with Gasteiger partial charge in [0.2, 0.25) is 0 Å². The van der Waals surface area contributed by atoms with Gasteiger partial charge in [-0.25, -0.2) is 9.97 Å². The van der Waals surface area contributed by atoms with Crippen LogP contribution in [0.5, 0.6) is 0 Å². The van der Waals surface area contributed by atoms with Crippen LogP contribution in [0.1, 0.15) is 23.8 Å². The van der Waals surface area contributed by atoms with Crippen molar-refractivity contribution in [2.75, 3.05) is 12.5 Å². The Morgan fingerprint density at radius 1 is 1.22 bits per heavy atom. The van der Waals surface area contributed by atoms with Gasteiger partial charge in [0.1, 0.15) is 9.86 Å². The molecule has 0 spiro atoms. The van der Waals surface area contributed by atoms with Crippen LogP contribution >= 0.6 is 34.9 Å². The first-order chi connectivity index (χ1) is 8.72. The number of thiophene rings is 1. The van der Waals surface area contributed by atoms with Gasteiger partial charge in [0.25, 0.3) is 0 Å². The van der Waals surface area contributed by atoms with Crippen LogP contribution < -0.4 is 0 Å². The van der Waals surface area contributed by atoms with E-state index in [9.17, 15) is 0 Å². The van der Waals surface area contributed by atoms with Crippen molar-refractivity contribution in [1.29, 1.82) is 0 Å². The van der Waals surface area contributed by atoms with E-state index in [1.54, 1.807) is 28.4 Å². The van der Waals surface area contributed by atoms with Gasteiger partial charge in [0.15, 0.2) is 5.16 Å². The summed E-state index contributed by atoms with van der Waals surface area (Å²) in [7, 11) is 0. The van der Waals surface area contributed by atoms with E-state index >= 15 is 0 Å². The second kappa shape index (κ2) is 5.02. The summed E-state index contributed by atoms with van der Waals surface area (Å²) < 4.78 is 0. The van der Waals surface area contributed by atoms with Crippen molar-refractivity contribution in [2.45, 2.75) is 36.4 Å². The Labute approximate surface area is 120 Å². The predicted octanol–water partition coefficient (Wildman–Crippen LogP) is 4.26. The van der Waals surface area contributed by atoms with E-state index < -0.39 is 0 Å². The highest BCUT2D eigenvalue weighted by atomic mass is 32.2. The van der Waals surface area contributed by atoms with E-state index in [1.807, 2.05) is 17.6 Å². The molecule has 1 aliphatic carbocycles. The molecule has 0 radical (unpaired) electrons. The van der Waals surface area contributed by atoms with Crippen molar-refractivity contribution in [3.63, 3.8) is 0 Å². The fraction of sp³-hybridized carbons (Fsp3) is 0.538. The van der Waals surface area contributed by atoms with Gasteiger partial charge in [0.05, 0.1) is 0 Å². The van der Waals surface area contributed by atoms with Crippen molar-refractivity contribution in [3.8, 4) is 0 Å². The molecule has 2 aromatic heterocycles. The molecule has 0 saturated carbocycles. The zero-order chi connectivity index (χ0) is 12.7. The number of fused-ring (bicyclic) bond motifs is 3. The smallest absolute Gasteiger partial charge is 0.189 e. The predicted molar refractivity (Wildman–Crippen MR) is 82.2 cm³/mol. The molecule has 96 valence electrons. The summed E-state index contributed by atoms with van der Waals surface area (Å²) in [5.41, 5.74) is 1.53. The lowest BCUT2D eigenvalue weighted by Crippen LogP contribution is -2.08. The fourth-order valence-electron chi connectivity index (χ4n) is 2.53. The van der Waals surface area contributed by atoms with E-state index in [1.165, 1.54) is 35.0 Å². The Kier molecular flexibility index (Phi) is 3.56. The average molecular weight is 296 g/mol. The molecule has 2 aromatic rings. The summed E-state index contributed by atoms with van der Waals surface area (Å²) in [5, 5.41) is 3.40. The van der Waals surface area contributed by atoms with Crippen molar-refractivity contribution in [3.05, 3.63) is 10.4 Å². The van der Waals surface area contributed by atoms with Crippen molar-refractivity contribution in [1.82, 2.24) is 9.97 Å². The fourth-order valence-corrected chi connectivity index (χ4v) is 5.06. The molecule has 18 heavy (non-hydrogen) atoms. The van der Waals surface area contributed by atoms with Crippen LogP contribution in [-0.4, -0.2) is 22.5 Å². The maximum Gasteiger partial charge on any atom is 0.189 e. The maximum absolute atomic E-state index is 4.69. The largest absolute Gasteiger partial charge is 0.215 e. The SMILES string of the molecule is CSc1nc(SC)c2c3c(sc2n1)C[C@@H](C)CC3. The number of hydrogen-bond donors (Lipinski definition) is 0. The molecule has 3 rings (SSSR count). The van der Waals surface area contributed by atoms with Crippen LogP contribution in [0.25, 0.3) is 10.2 Å². The third-order valence-electron chi connectivity index (χ3n) is 3.48. The highest BCUT2D eigenvalue weighted by Gasteiger charge is 2.23. The molecular formula is C13H16N2S3. The van der Waals surface area contributed by atoms with Crippen LogP contribution in [0.2, 0.25) is 0 Å². The van der Waals surface area contributed by atoms with Gasteiger partial charge < -0.3 is 0 Å². The minimum atomic E-state index is 0.816. The second-order valence-electron chi connectivity index (χ2n) is 4.75. The van der Waals surface area contributed by atoms with E-state index in [0.29, 0.717) is 0 Å². The molecule has 1 aliphatic rings. The number of thioether (sulfide) groups is 2. The van der Waals surface area contributed by atoms with Crippen LogP contribution in [0.3, 0.4) is 0 Å². The molecule has 2 heterocycles. The van der Waals surface area contributed by atoms with E-state index in [-0.39, 0.29) is 0 Å². The molecule has 0 N–H and O–H groups in total. The molecule has 0 bridgehead atoms. The molecular weight excluding hydrogens is 280 g/mol. The summed E-state index contributed by atoms with van der Waals surface area (Å²) in [6.07, 6.45) is 7.88. The second-order valence-corrected chi connectivity index (χ2v) is 7.40. The number of hydrogen-bond acceptors (Lipinski definition) is 5.